The van der Waals surface area contributed by atoms with Crippen LogP contribution in [0.25, 0.3) is 0 Å². The molecule has 1 aliphatic rings. The van der Waals surface area contributed by atoms with Crippen molar-refractivity contribution in [3.05, 3.63) is 28.8 Å². The summed E-state index contributed by atoms with van der Waals surface area (Å²) in [6, 6.07) is 4.22. The number of anilines is 1. The van der Waals surface area contributed by atoms with Crippen molar-refractivity contribution < 1.29 is 19.5 Å². The number of hydrogen-bond donors (Lipinski definition) is 2. The first kappa shape index (κ1) is 12.4. The summed E-state index contributed by atoms with van der Waals surface area (Å²) in [6.07, 6.45) is 0. The topological polar surface area (TPSA) is 86.7 Å². The second-order valence-corrected chi connectivity index (χ2v) is 4.23. The Labute approximate surface area is 107 Å². The van der Waals surface area contributed by atoms with Gasteiger partial charge in [0.1, 0.15) is 0 Å². The van der Waals surface area contributed by atoms with Crippen molar-refractivity contribution >= 4 is 35.1 Å². The molecule has 1 heterocycles. The molecule has 1 aliphatic heterocycles. The summed E-state index contributed by atoms with van der Waals surface area (Å²) in [5.41, 5.74) is 0.264. The number of hydrogen-bond acceptors (Lipinski definition) is 4. The number of carbonyl (C=O) groups is 3. The minimum atomic E-state index is -1.14. The van der Waals surface area contributed by atoms with Crippen LogP contribution in [0, 0.1) is 0 Å². The standard InChI is InChI=1S/C11H9ClN2O4/c12-6-1-2-7(11(17)18)8(3-6)14-4-9(15)13-10(16)5-14/h1-3H,4-5H2,(H,17,18)(H,13,15,16). The van der Waals surface area contributed by atoms with Gasteiger partial charge in [0.2, 0.25) is 11.8 Å². The van der Waals surface area contributed by atoms with Crippen molar-refractivity contribution in [2.24, 2.45) is 0 Å². The second kappa shape index (κ2) is 4.66. The van der Waals surface area contributed by atoms with Gasteiger partial charge in [-0.05, 0) is 18.2 Å². The number of carboxylic acids is 1. The lowest BCUT2D eigenvalue weighted by molar-refractivity contribution is -0.130. The van der Waals surface area contributed by atoms with Crippen molar-refractivity contribution in [3.8, 4) is 0 Å². The van der Waals surface area contributed by atoms with Crippen LogP contribution in [0.5, 0.6) is 0 Å². The first-order valence-electron chi connectivity index (χ1n) is 5.08. The predicted octanol–water partition coefficient (Wildman–Crippen LogP) is 0.501. The summed E-state index contributed by atoms with van der Waals surface area (Å²) < 4.78 is 0. The van der Waals surface area contributed by atoms with E-state index < -0.39 is 17.8 Å². The molecule has 0 radical (unpaired) electrons. The Morgan fingerprint density at radius 1 is 1.28 bits per heavy atom. The number of benzene rings is 1. The van der Waals surface area contributed by atoms with E-state index in [1.807, 2.05) is 0 Å². The zero-order chi connectivity index (χ0) is 13.3. The molecule has 7 heteroatoms. The SMILES string of the molecule is O=C1CN(c2cc(Cl)ccc2C(=O)O)CC(=O)N1. The molecule has 0 aliphatic carbocycles. The maximum absolute atomic E-state index is 11.3. The summed E-state index contributed by atoms with van der Waals surface area (Å²) in [4.78, 5) is 35.0. The normalized spacial score (nSPS) is 15.5. The number of nitrogens with zero attached hydrogens (tertiary/aromatic N) is 1. The molecule has 2 amide bonds. The van der Waals surface area contributed by atoms with E-state index in [0.717, 1.165) is 0 Å². The second-order valence-electron chi connectivity index (χ2n) is 3.79. The predicted molar refractivity (Wildman–Crippen MR) is 63.8 cm³/mol. The van der Waals surface area contributed by atoms with Crippen LogP contribution in [-0.4, -0.2) is 36.0 Å². The third-order valence-electron chi connectivity index (χ3n) is 2.48. The van der Waals surface area contributed by atoms with Gasteiger partial charge in [0.05, 0.1) is 24.3 Å². The molecule has 0 atom stereocenters. The third-order valence-corrected chi connectivity index (χ3v) is 2.71. The van der Waals surface area contributed by atoms with Gasteiger partial charge in [0, 0.05) is 5.02 Å². The van der Waals surface area contributed by atoms with Crippen molar-refractivity contribution in [2.75, 3.05) is 18.0 Å². The van der Waals surface area contributed by atoms with E-state index in [2.05, 4.69) is 5.32 Å². The maximum Gasteiger partial charge on any atom is 0.337 e. The number of imide groups is 1. The number of nitrogens with one attached hydrogen (secondary N) is 1. The molecule has 0 spiro atoms. The van der Waals surface area contributed by atoms with E-state index in [9.17, 15) is 14.4 Å². The minimum absolute atomic E-state index is 0.00176. The van der Waals surface area contributed by atoms with Gasteiger partial charge < -0.3 is 10.0 Å². The highest BCUT2D eigenvalue weighted by Gasteiger charge is 2.25. The van der Waals surface area contributed by atoms with Gasteiger partial charge in [0.15, 0.2) is 0 Å². The van der Waals surface area contributed by atoms with Crippen molar-refractivity contribution in [1.29, 1.82) is 0 Å². The molecular formula is C11H9ClN2O4. The zero-order valence-electron chi connectivity index (χ0n) is 9.14. The van der Waals surface area contributed by atoms with Crippen LogP contribution in [0.15, 0.2) is 18.2 Å². The Morgan fingerprint density at radius 2 is 1.89 bits per heavy atom. The van der Waals surface area contributed by atoms with E-state index in [1.54, 1.807) is 0 Å². The lowest BCUT2D eigenvalue weighted by Crippen LogP contribution is -2.51. The van der Waals surface area contributed by atoms with Crippen LogP contribution >= 0.6 is 11.6 Å². The molecule has 2 rings (SSSR count). The lowest BCUT2D eigenvalue weighted by atomic mass is 10.1. The van der Waals surface area contributed by atoms with Gasteiger partial charge in [-0.3, -0.25) is 14.9 Å². The molecule has 1 aromatic rings. The Morgan fingerprint density at radius 3 is 2.44 bits per heavy atom. The number of halogens is 1. The lowest BCUT2D eigenvalue weighted by Gasteiger charge is -2.28. The molecule has 6 nitrogen and oxygen atoms in total. The third kappa shape index (κ3) is 2.43. The molecule has 0 bridgehead atoms. The molecule has 2 N–H and O–H groups in total. The van der Waals surface area contributed by atoms with E-state index in [0.29, 0.717) is 5.02 Å². The van der Waals surface area contributed by atoms with Gasteiger partial charge in [-0.25, -0.2) is 4.79 Å². The van der Waals surface area contributed by atoms with Crippen LogP contribution < -0.4 is 10.2 Å². The average molecular weight is 269 g/mol. The van der Waals surface area contributed by atoms with Crippen molar-refractivity contribution in [3.63, 3.8) is 0 Å². The molecule has 1 saturated heterocycles. The summed E-state index contributed by atoms with van der Waals surface area (Å²) in [6.45, 7) is -0.154. The Bertz CT molecular complexity index is 528. The number of amides is 2. The Kier molecular flexibility index (Phi) is 3.20. The Balaban J connectivity index is 2.42. The van der Waals surface area contributed by atoms with Gasteiger partial charge in [-0.15, -0.1) is 0 Å². The van der Waals surface area contributed by atoms with Gasteiger partial charge >= 0.3 is 5.97 Å². The fraction of sp³-hybridized carbons (Fsp3) is 0.182. The molecule has 0 unspecified atom stereocenters. The van der Waals surface area contributed by atoms with E-state index in [1.165, 1.54) is 23.1 Å². The molecule has 94 valence electrons. The number of piperazine rings is 1. The zero-order valence-corrected chi connectivity index (χ0v) is 9.90. The summed E-state index contributed by atoms with van der Waals surface area (Å²) in [5.74, 6) is -2.08. The van der Waals surface area contributed by atoms with Gasteiger partial charge in [-0.2, -0.15) is 0 Å². The molecule has 0 saturated carbocycles. The van der Waals surface area contributed by atoms with Crippen molar-refractivity contribution in [2.45, 2.75) is 0 Å². The van der Waals surface area contributed by atoms with Gasteiger partial charge in [0.25, 0.3) is 0 Å². The van der Waals surface area contributed by atoms with Crippen LogP contribution in [0.2, 0.25) is 5.02 Å². The number of rotatable bonds is 2. The molecule has 0 aromatic heterocycles. The highest BCUT2D eigenvalue weighted by molar-refractivity contribution is 6.31. The molecule has 18 heavy (non-hydrogen) atoms. The first-order valence-corrected chi connectivity index (χ1v) is 5.45. The first-order chi connectivity index (χ1) is 8.47. The highest BCUT2D eigenvalue weighted by atomic mass is 35.5. The van der Waals surface area contributed by atoms with Crippen LogP contribution in [-0.2, 0) is 9.59 Å². The van der Waals surface area contributed by atoms with Crippen LogP contribution in [0.1, 0.15) is 10.4 Å². The monoisotopic (exact) mass is 268 g/mol. The fourth-order valence-corrected chi connectivity index (χ4v) is 1.92. The molecule has 1 fully saturated rings. The molecule has 1 aromatic carbocycles. The number of carbonyl (C=O) groups excluding carboxylic acids is 2. The van der Waals surface area contributed by atoms with E-state index in [4.69, 9.17) is 16.7 Å². The number of carboxylic acid groups (broad SMARTS) is 1. The fourth-order valence-electron chi connectivity index (χ4n) is 1.75. The minimum Gasteiger partial charge on any atom is -0.478 e. The largest absolute Gasteiger partial charge is 0.478 e. The Hall–Kier alpha value is -2.08. The summed E-state index contributed by atoms with van der Waals surface area (Å²) in [5, 5.41) is 11.5. The number of aromatic carboxylic acids is 1. The summed E-state index contributed by atoms with van der Waals surface area (Å²) in [7, 11) is 0. The smallest absolute Gasteiger partial charge is 0.337 e. The van der Waals surface area contributed by atoms with E-state index >= 15 is 0 Å². The van der Waals surface area contributed by atoms with Crippen LogP contribution in [0.4, 0.5) is 5.69 Å². The van der Waals surface area contributed by atoms with Crippen molar-refractivity contribution in [1.82, 2.24) is 5.32 Å². The highest BCUT2D eigenvalue weighted by Crippen LogP contribution is 2.25. The van der Waals surface area contributed by atoms with Gasteiger partial charge in [-0.1, -0.05) is 11.6 Å². The summed E-state index contributed by atoms with van der Waals surface area (Å²) >= 11 is 5.81. The maximum atomic E-state index is 11.3. The average Bonchev–Trinajstić information content (AvgIpc) is 2.27. The van der Waals surface area contributed by atoms with E-state index in [-0.39, 0.29) is 24.3 Å². The quantitative estimate of drug-likeness (QED) is 0.763. The molecular weight excluding hydrogens is 260 g/mol. The van der Waals surface area contributed by atoms with Crippen LogP contribution in [0.3, 0.4) is 0 Å².